The minimum absolute atomic E-state index is 0.828. The Morgan fingerprint density at radius 3 is 2.58 bits per heavy atom. The number of piperazine rings is 1. The molecule has 1 aromatic carbocycles. The highest BCUT2D eigenvalue weighted by atomic mass is 15.3. The lowest BCUT2D eigenvalue weighted by Gasteiger charge is -2.35. The van der Waals surface area contributed by atoms with Gasteiger partial charge in [-0.25, -0.2) is 4.98 Å². The number of fused-ring (bicyclic) bond motifs is 1. The van der Waals surface area contributed by atoms with E-state index in [-0.39, 0.29) is 0 Å². The Hall–Kier alpha value is -2.66. The second-order valence-electron chi connectivity index (χ2n) is 6.84. The maximum absolute atomic E-state index is 6.18. The first kappa shape index (κ1) is 16.8. The van der Waals surface area contributed by atoms with Gasteiger partial charge in [-0.15, -0.1) is 0 Å². The van der Waals surface area contributed by atoms with Crippen molar-refractivity contribution in [3.8, 4) is 0 Å². The maximum atomic E-state index is 6.18. The fourth-order valence-corrected chi connectivity index (χ4v) is 3.61. The number of anilines is 2. The fourth-order valence-electron chi connectivity index (χ4n) is 3.61. The van der Waals surface area contributed by atoms with Crippen molar-refractivity contribution in [2.45, 2.75) is 12.8 Å². The van der Waals surface area contributed by atoms with Crippen LogP contribution < -0.4 is 10.6 Å². The lowest BCUT2D eigenvalue weighted by atomic mass is 10.1. The van der Waals surface area contributed by atoms with E-state index in [0.29, 0.717) is 0 Å². The fraction of sp³-hybridized carbons (Fsp3) is 0.333. The number of para-hydroxylation sites is 1. The third-order valence-electron chi connectivity index (χ3n) is 5.05. The summed E-state index contributed by atoms with van der Waals surface area (Å²) in [4.78, 5) is 14.1. The lowest BCUT2D eigenvalue weighted by molar-refractivity contribution is 0.254. The monoisotopic (exact) mass is 347 g/mol. The number of nitrogens with two attached hydrogens (primary N) is 1. The highest BCUT2D eigenvalue weighted by Crippen LogP contribution is 2.21. The van der Waals surface area contributed by atoms with Crippen molar-refractivity contribution < 1.29 is 0 Å². The van der Waals surface area contributed by atoms with Crippen LogP contribution in [0.3, 0.4) is 0 Å². The number of pyridine rings is 2. The van der Waals surface area contributed by atoms with Crippen molar-refractivity contribution in [3.63, 3.8) is 0 Å². The highest BCUT2D eigenvalue weighted by Gasteiger charge is 2.17. The average Bonchev–Trinajstić information content (AvgIpc) is 2.69. The summed E-state index contributed by atoms with van der Waals surface area (Å²) in [6, 6.07) is 16.2. The number of hydrogen-bond acceptors (Lipinski definition) is 5. The molecule has 26 heavy (non-hydrogen) atoms. The molecule has 3 aromatic rings. The lowest BCUT2D eigenvalue weighted by Crippen LogP contribution is -2.47. The second-order valence-corrected chi connectivity index (χ2v) is 6.84. The molecule has 4 rings (SSSR count). The third-order valence-corrected chi connectivity index (χ3v) is 5.05. The Morgan fingerprint density at radius 1 is 0.962 bits per heavy atom. The van der Waals surface area contributed by atoms with E-state index < -0.39 is 0 Å². The van der Waals surface area contributed by atoms with Crippen molar-refractivity contribution in [3.05, 3.63) is 60.4 Å². The van der Waals surface area contributed by atoms with Crippen LogP contribution in [0.1, 0.15) is 12.1 Å². The third kappa shape index (κ3) is 3.78. The molecule has 134 valence electrons. The first-order chi connectivity index (χ1) is 12.8. The topological polar surface area (TPSA) is 58.3 Å². The Bertz CT molecular complexity index is 857. The van der Waals surface area contributed by atoms with E-state index in [0.717, 1.165) is 73.7 Å². The number of nitrogens with zero attached hydrogens (tertiary/aromatic N) is 4. The van der Waals surface area contributed by atoms with Gasteiger partial charge >= 0.3 is 0 Å². The van der Waals surface area contributed by atoms with Gasteiger partial charge in [0.2, 0.25) is 0 Å². The minimum atomic E-state index is 0.828. The van der Waals surface area contributed by atoms with E-state index in [1.165, 1.54) is 0 Å². The molecule has 5 nitrogen and oxygen atoms in total. The van der Waals surface area contributed by atoms with Gasteiger partial charge in [-0.3, -0.25) is 9.88 Å². The first-order valence-electron chi connectivity index (χ1n) is 9.32. The number of benzene rings is 1. The Kier molecular flexibility index (Phi) is 4.97. The summed E-state index contributed by atoms with van der Waals surface area (Å²) in [5.74, 6) is 1.09. The number of aryl methyl sites for hydroxylation is 1. The van der Waals surface area contributed by atoms with Crippen molar-refractivity contribution in [2.75, 3.05) is 43.4 Å². The molecule has 1 saturated heterocycles. The molecule has 0 amide bonds. The molecular formula is C21H25N5. The van der Waals surface area contributed by atoms with E-state index >= 15 is 0 Å². The molecular weight excluding hydrogens is 322 g/mol. The molecule has 0 radical (unpaired) electrons. The summed E-state index contributed by atoms with van der Waals surface area (Å²) in [6.07, 6.45) is 3.94. The van der Waals surface area contributed by atoms with Crippen LogP contribution in [0.5, 0.6) is 0 Å². The van der Waals surface area contributed by atoms with Crippen molar-refractivity contribution in [1.29, 1.82) is 0 Å². The summed E-state index contributed by atoms with van der Waals surface area (Å²) in [7, 11) is 0. The standard InChI is InChI=1S/C21H25N5/c22-19-16-17(24-20-8-2-1-7-18(19)20)6-5-11-25-12-14-26(15-13-25)21-9-3-4-10-23-21/h1-4,7-10,16H,5-6,11-15H2,(H2,22,24). The van der Waals surface area contributed by atoms with Gasteiger partial charge in [-0.05, 0) is 43.7 Å². The van der Waals surface area contributed by atoms with Crippen molar-refractivity contribution >= 4 is 22.4 Å². The average molecular weight is 347 g/mol. The van der Waals surface area contributed by atoms with Gasteiger partial charge in [-0.1, -0.05) is 24.3 Å². The van der Waals surface area contributed by atoms with Gasteiger partial charge in [0.05, 0.1) is 5.52 Å². The Labute approximate surface area is 154 Å². The van der Waals surface area contributed by atoms with Crippen molar-refractivity contribution in [2.24, 2.45) is 0 Å². The minimum Gasteiger partial charge on any atom is -0.398 e. The van der Waals surface area contributed by atoms with E-state index in [1.807, 2.05) is 42.6 Å². The Morgan fingerprint density at radius 2 is 1.77 bits per heavy atom. The van der Waals surface area contributed by atoms with E-state index in [9.17, 15) is 0 Å². The van der Waals surface area contributed by atoms with Crippen LogP contribution in [-0.2, 0) is 6.42 Å². The van der Waals surface area contributed by atoms with Gasteiger partial charge in [-0.2, -0.15) is 0 Å². The molecule has 5 heteroatoms. The maximum Gasteiger partial charge on any atom is 0.128 e. The molecule has 0 aliphatic carbocycles. The predicted molar refractivity (Wildman–Crippen MR) is 107 cm³/mol. The van der Waals surface area contributed by atoms with Gasteiger partial charge < -0.3 is 10.6 Å². The van der Waals surface area contributed by atoms with Gasteiger partial charge in [0.1, 0.15) is 5.82 Å². The van der Waals surface area contributed by atoms with E-state index in [2.05, 4.69) is 26.9 Å². The molecule has 1 aliphatic rings. The number of rotatable bonds is 5. The predicted octanol–water partition coefficient (Wildman–Crippen LogP) is 2.97. The molecule has 2 N–H and O–H groups in total. The van der Waals surface area contributed by atoms with Crippen LogP contribution >= 0.6 is 0 Å². The zero-order valence-corrected chi connectivity index (χ0v) is 15.0. The number of hydrogen-bond donors (Lipinski definition) is 1. The highest BCUT2D eigenvalue weighted by molar-refractivity contribution is 5.90. The summed E-state index contributed by atoms with van der Waals surface area (Å²) in [6.45, 7) is 5.36. The summed E-state index contributed by atoms with van der Waals surface area (Å²) >= 11 is 0. The van der Waals surface area contributed by atoms with Gasteiger partial charge in [0.25, 0.3) is 0 Å². The van der Waals surface area contributed by atoms with Crippen LogP contribution in [0.4, 0.5) is 11.5 Å². The van der Waals surface area contributed by atoms with Crippen LogP contribution in [0.2, 0.25) is 0 Å². The van der Waals surface area contributed by atoms with Gasteiger partial charge in [0, 0.05) is 49.1 Å². The zero-order chi connectivity index (χ0) is 17.8. The van der Waals surface area contributed by atoms with Gasteiger partial charge in [0.15, 0.2) is 0 Å². The SMILES string of the molecule is Nc1cc(CCCN2CCN(c3ccccn3)CC2)nc2ccccc12. The normalized spacial score (nSPS) is 15.5. The Balaban J connectivity index is 1.28. The molecule has 0 atom stereocenters. The molecule has 3 heterocycles. The summed E-state index contributed by atoms with van der Waals surface area (Å²) < 4.78 is 0. The molecule has 0 bridgehead atoms. The second kappa shape index (κ2) is 7.70. The number of nitrogen functional groups attached to an aromatic ring is 1. The molecule has 0 saturated carbocycles. The summed E-state index contributed by atoms with van der Waals surface area (Å²) in [5.41, 5.74) is 9.09. The molecule has 0 spiro atoms. The zero-order valence-electron chi connectivity index (χ0n) is 15.0. The quantitative estimate of drug-likeness (QED) is 0.769. The van der Waals surface area contributed by atoms with Crippen molar-refractivity contribution in [1.82, 2.24) is 14.9 Å². The van der Waals surface area contributed by atoms with Crippen LogP contribution in [-0.4, -0.2) is 47.6 Å². The number of aromatic nitrogens is 2. The molecule has 1 aliphatic heterocycles. The smallest absolute Gasteiger partial charge is 0.128 e. The van der Waals surface area contributed by atoms with Crippen LogP contribution in [0.25, 0.3) is 10.9 Å². The van der Waals surface area contributed by atoms with Crippen LogP contribution in [0.15, 0.2) is 54.7 Å². The largest absolute Gasteiger partial charge is 0.398 e. The molecule has 1 fully saturated rings. The molecule has 2 aromatic heterocycles. The van der Waals surface area contributed by atoms with Crippen LogP contribution in [0, 0.1) is 0 Å². The van der Waals surface area contributed by atoms with E-state index in [1.54, 1.807) is 0 Å². The molecule has 0 unspecified atom stereocenters. The first-order valence-corrected chi connectivity index (χ1v) is 9.32. The van der Waals surface area contributed by atoms with E-state index in [4.69, 9.17) is 10.7 Å². The summed E-state index contributed by atoms with van der Waals surface area (Å²) in [5, 5.41) is 1.04.